The molecule has 0 aliphatic carbocycles. The molecule has 2 rings (SSSR count). The molecular weight excluding hydrogens is 333 g/mol. The van der Waals surface area contributed by atoms with E-state index < -0.39 is 0 Å². The van der Waals surface area contributed by atoms with E-state index in [1.807, 2.05) is 31.5 Å². The fraction of sp³-hybridized carbons (Fsp3) is 0.294. The van der Waals surface area contributed by atoms with E-state index in [1.165, 1.54) is 6.07 Å². The fourth-order valence-corrected chi connectivity index (χ4v) is 3.23. The summed E-state index contributed by atoms with van der Waals surface area (Å²) >= 11 is 11.5. The first-order valence-electron chi connectivity index (χ1n) is 7.20. The van der Waals surface area contributed by atoms with Gasteiger partial charge in [-0.3, -0.25) is 4.57 Å². The topological polar surface area (TPSA) is 33.2 Å². The zero-order valence-electron chi connectivity index (χ0n) is 13.3. The first-order valence-corrected chi connectivity index (χ1v) is 7.99. The van der Waals surface area contributed by atoms with Crippen LogP contribution in [-0.2, 0) is 13.2 Å². The van der Waals surface area contributed by atoms with Crippen LogP contribution in [0, 0.1) is 35.6 Å². The molecule has 6 heteroatoms. The highest BCUT2D eigenvalue weighted by molar-refractivity contribution is 7.71. The summed E-state index contributed by atoms with van der Waals surface area (Å²) in [7, 11) is 1.94. The first-order chi connectivity index (χ1) is 10.8. The molecule has 0 aliphatic rings. The molecule has 0 radical (unpaired) electrons. The number of nitriles is 1. The molecule has 0 fully saturated rings. The number of halogens is 2. The van der Waals surface area contributed by atoms with Crippen LogP contribution < -0.4 is 4.90 Å². The van der Waals surface area contributed by atoms with Gasteiger partial charge in [-0.15, -0.1) is 0 Å². The van der Waals surface area contributed by atoms with Crippen LogP contribution in [0.25, 0.3) is 0 Å². The van der Waals surface area contributed by atoms with Crippen LogP contribution in [0.1, 0.15) is 22.4 Å². The normalized spacial score (nSPS) is 12.0. The standard InChI is InChI=1S/C17H17ClFN3S/c1-11-7-12(2)22(17(23)13(11)8-20)10-21(3)9-14-15(18)5-4-6-16(14)19/h4-7H,9-10H2,1-3H3/p+1. The van der Waals surface area contributed by atoms with Crippen LogP contribution in [0.15, 0.2) is 24.3 Å². The van der Waals surface area contributed by atoms with E-state index >= 15 is 0 Å². The van der Waals surface area contributed by atoms with Gasteiger partial charge in [-0.05, 0) is 37.6 Å². The van der Waals surface area contributed by atoms with E-state index in [0.29, 0.717) is 34.0 Å². The van der Waals surface area contributed by atoms with Crippen molar-refractivity contribution in [1.82, 2.24) is 4.57 Å². The summed E-state index contributed by atoms with van der Waals surface area (Å²) in [4.78, 5) is 1.02. The van der Waals surface area contributed by atoms with E-state index in [1.54, 1.807) is 12.1 Å². The molecule has 0 saturated carbocycles. The zero-order valence-corrected chi connectivity index (χ0v) is 14.9. The number of aryl methyl sites for hydroxylation is 2. The van der Waals surface area contributed by atoms with Gasteiger partial charge in [0.1, 0.15) is 23.1 Å². The van der Waals surface area contributed by atoms with Crippen molar-refractivity contribution in [2.24, 2.45) is 0 Å². The number of nitrogens with one attached hydrogen (secondary N) is 1. The number of rotatable bonds is 4. The molecule has 1 aromatic heterocycles. The molecule has 0 amide bonds. The number of hydrogen-bond acceptors (Lipinski definition) is 2. The Morgan fingerprint density at radius 2 is 2.09 bits per heavy atom. The van der Waals surface area contributed by atoms with Crippen molar-refractivity contribution in [3.63, 3.8) is 0 Å². The van der Waals surface area contributed by atoms with Gasteiger partial charge >= 0.3 is 0 Å². The van der Waals surface area contributed by atoms with Crippen molar-refractivity contribution in [2.75, 3.05) is 7.05 Å². The number of nitrogens with zero attached hydrogens (tertiary/aromatic N) is 2. The molecule has 1 unspecified atom stereocenters. The second-order valence-electron chi connectivity index (χ2n) is 5.68. The minimum absolute atomic E-state index is 0.307. The first kappa shape index (κ1) is 17.6. The molecule has 1 heterocycles. The Hall–Kier alpha value is -1.74. The Kier molecular flexibility index (Phi) is 5.53. The second kappa shape index (κ2) is 7.22. The van der Waals surface area contributed by atoms with Crippen molar-refractivity contribution in [2.45, 2.75) is 27.1 Å². The molecule has 0 saturated heterocycles. The van der Waals surface area contributed by atoms with Crippen LogP contribution in [0.2, 0.25) is 5.02 Å². The lowest BCUT2D eigenvalue weighted by atomic mass is 10.1. The van der Waals surface area contributed by atoms with Crippen molar-refractivity contribution in [3.8, 4) is 6.07 Å². The van der Waals surface area contributed by atoms with Crippen LogP contribution >= 0.6 is 23.8 Å². The molecular formula is C17H18ClFN3S+. The Morgan fingerprint density at radius 1 is 1.39 bits per heavy atom. The van der Waals surface area contributed by atoms with Crippen LogP contribution in [-0.4, -0.2) is 11.6 Å². The smallest absolute Gasteiger partial charge is 0.157 e. The van der Waals surface area contributed by atoms with Gasteiger partial charge < -0.3 is 4.90 Å². The minimum atomic E-state index is -0.307. The third-order valence-corrected chi connectivity index (χ3v) is 4.56. The van der Waals surface area contributed by atoms with Crippen molar-refractivity contribution >= 4 is 23.8 Å². The number of aromatic nitrogens is 1. The maximum atomic E-state index is 13.9. The third kappa shape index (κ3) is 3.78. The number of quaternary nitrogens is 1. The van der Waals surface area contributed by atoms with Gasteiger partial charge in [0.2, 0.25) is 0 Å². The summed E-state index contributed by atoms with van der Waals surface area (Å²) in [6.07, 6.45) is 0. The molecule has 0 aliphatic heterocycles. The second-order valence-corrected chi connectivity index (χ2v) is 6.47. The fourth-order valence-electron chi connectivity index (χ4n) is 2.59. The van der Waals surface area contributed by atoms with Gasteiger partial charge in [-0.2, -0.15) is 5.26 Å². The minimum Gasteiger partial charge on any atom is -0.316 e. The maximum absolute atomic E-state index is 13.9. The Labute approximate surface area is 145 Å². The van der Waals surface area contributed by atoms with E-state index in [4.69, 9.17) is 23.8 Å². The summed E-state index contributed by atoms with van der Waals surface area (Å²) in [5.41, 5.74) is 2.86. The van der Waals surface area contributed by atoms with Crippen molar-refractivity contribution in [3.05, 3.63) is 62.1 Å². The summed E-state index contributed by atoms with van der Waals surface area (Å²) in [5.74, 6) is -0.307. The summed E-state index contributed by atoms with van der Waals surface area (Å²) in [5, 5.41) is 9.68. The lowest BCUT2D eigenvalue weighted by Crippen LogP contribution is -3.07. The van der Waals surface area contributed by atoms with E-state index in [9.17, 15) is 9.65 Å². The molecule has 1 atom stereocenters. The highest BCUT2D eigenvalue weighted by Crippen LogP contribution is 2.18. The van der Waals surface area contributed by atoms with Gasteiger partial charge in [-0.1, -0.05) is 29.9 Å². The number of pyridine rings is 1. The molecule has 120 valence electrons. The third-order valence-electron chi connectivity index (χ3n) is 3.78. The number of benzene rings is 1. The zero-order chi connectivity index (χ0) is 17.1. The highest BCUT2D eigenvalue weighted by atomic mass is 35.5. The average Bonchev–Trinajstić information content (AvgIpc) is 2.48. The van der Waals surface area contributed by atoms with Crippen LogP contribution in [0.5, 0.6) is 0 Å². The SMILES string of the molecule is Cc1cc(C)n(C[NH+](C)Cc2c(F)cccc2Cl)c(=S)c1C#N. The Morgan fingerprint density at radius 3 is 2.70 bits per heavy atom. The lowest BCUT2D eigenvalue weighted by Gasteiger charge is -2.20. The van der Waals surface area contributed by atoms with Gasteiger partial charge in [0, 0.05) is 5.69 Å². The molecule has 1 aromatic carbocycles. The lowest BCUT2D eigenvalue weighted by molar-refractivity contribution is -0.917. The van der Waals surface area contributed by atoms with Gasteiger partial charge in [0.25, 0.3) is 0 Å². The van der Waals surface area contributed by atoms with Crippen molar-refractivity contribution in [1.29, 1.82) is 5.26 Å². The van der Waals surface area contributed by atoms with Crippen molar-refractivity contribution < 1.29 is 9.29 Å². The molecule has 3 nitrogen and oxygen atoms in total. The van der Waals surface area contributed by atoms with E-state index in [-0.39, 0.29) is 5.82 Å². The number of hydrogen-bond donors (Lipinski definition) is 1. The predicted molar refractivity (Wildman–Crippen MR) is 91.5 cm³/mol. The van der Waals surface area contributed by atoms with E-state index in [2.05, 4.69) is 6.07 Å². The van der Waals surface area contributed by atoms with Gasteiger partial charge in [0.15, 0.2) is 6.67 Å². The van der Waals surface area contributed by atoms with Crippen LogP contribution in [0.3, 0.4) is 0 Å². The average molecular weight is 351 g/mol. The van der Waals surface area contributed by atoms with Gasteiger partial charge in [0.05, 0.1) is 23.2 Å². The summed E-state index contributed by atoms with van der Waals surface area (Å²) in [6, 6.07) is 8.78. The highest BCUT2D eigenvalue weighted by Gasteiger charge is 2.15. The monoisotopic (exact) mass is 350 g/mol. The maximum Gasteiger partial charge on any atom is 0.157 e. The quantitative estimate of drug-likeness (QED) is 0.859. The van der Waals surface area contributed by atoms with Gasteiger partial charge in [-0.25, -0.2) is 4.39 Å². The summed E-state index contributed by atoms with van der Waals surface area (Å²) in [6.45, 7) is 4.79. The predicted octanol–water partition coefficient (Wildman–Crippen LogP) is 3.17. The largest absolute Gasteiger partial charge is 0.316 e. The molecule has 23 heavy (non-hydrogen) atoms. The molecule has 0 bridgehead atoms. The Bertz CT molecular complexity index is 819. The van der Waals surface area contributed by atoms with E-state index in [0.717, 1.165) is 16.2 Å². The Balaban J connectivity index is 2.30. The molecule has 1 N–H and O–H groups in total. The molecule has 2 aromatic rings. The molecule has 0 spiro atoms. The summed E-state index contributed by atoms with van der Waals surface area (Å²) < 4.78 is 16.3. The van der Waals surface area contributed by atoms with Crippen LogP contribution in [0.4, 0.5) is 4.39 Å².